The Hall–Kier alpha value is -3.04. The Bertz CT molecular complexity index is 1350. The van der Waals surface area contributed by atoms with E-state index in [4.69, 9.17) is 9.15 Å². The van der Waals surface area contributed by atoms with Gasteiger partial charge in [0.1, 0.15) is 11.6 Å². The van der Waals surface area contributed by atoms with Gasteiger partial charge in [-0.25, -0.2) is 4.98 Å². The van der Waals surface area contributed by atoms with Crippen molar-refractivity contribution in [1.29, 1.82) is 0 Å². The Morgan fingerprint density at radius 1 is 1.00 bits per heavy atom. The normalized spacial score (nSPS) is 20.6. The standard InChI is InChI=1S/C34H47N5O3S/c1-23-10-11-26(34(2,3)4)18-30(23)43-22-28-12-13-29(42-28)32(40)37-19-24-7-5-8-25(17-24)20-38-33-35-15-14-31(39-33)36-21-27-9-6-16-41-27/h10-15,18,24-25,27H,5-9,16-17,19-22H2,1-4H3,(H,37,40)(H2,35,36,38,39). The number of carbonyl (C=O) groups excluding carboxylic acids is 1. The number of benzene rings is 1. The first-order valence-corrected chi connectivity index (χ1v) is 16.7. The second kappa shape index (κ2) is 14.6. The average Bonchev–Trinajstić information content (AvgIpc) is 3.70. The lowest BCUT2D eigenvalue weighted by Gasteiger charge is -2.29. The van der Waals surface area contributed by atoms with E-state index in [0.717, 1.165) is 63.4 Å². The zero-order chi connectivity index (χ0) is 30.2. The first kappa shape index (κ1) is 31.4. The summed E-state index contributed by atoms with van der Waals surface area (Å²) in [5.41, 5.74) is 2.68. The SMILES string of the molecule is Cc1ccc(C(C)(C)C)cc1SCc1ccc(C(=O)NCC2CCCC(CNc3nccc(NCC4CCCO4)n3)C2)o1. The number of aryl methyl sites for hydroxylation is 1. The first-order valence-electron chi connectivity index (χ1n) is 15.8. The van der Waals surface area contributed by atoms with Gasteiger partial charge in [0.25, 0.3) is 5.91 Å². The van der Waals surface area contributed by atoms with E-state index in [1.54, 1.807) is 24.0 Å². The lowest BCUT2D eigenvalue weighted by molar-refractivity contribution is 0.0911. The molecule has 0 bridgehead atoms. The third-order valence-electron chi connectivity index (χ3n) is 8.49. The van der Waals surface area contributed by atoms with E-state index in [1.165, 1.54) is 22.4 Å². The van der Waals surface area contributed by atoms with E-state index in [1.807, 2.05) is 12.1 Å². The molecule has 2 fully saturated rings. The summed E-state index contributed by atoms with van der Waals surface area (Å²) in [7, 11) is 0. The molecule has 1 amide bonds. The van der Waals surface area contributed by atoms with Crippen LogP contribution in [0.2, 0.25) is 0 Å². The molecule has 1 saturated heterocycles. The maximum absolute atomic E-state index is 12.9. The fourth-order valence-corrected chi connectivity index (χ4v) is 6.81. The number of carbonyl (C=O) groups is 1. The topological polar surface area (TPSA) is 101 Å². The molecule has 1 aliphatic carbocycles. The fraction of sp³-hybridized carbons (Fsp3) is 0.559. The van der Waals surface area contributed by atoms with Crippen LogP contribution in [0.3, 0.4) is 0 Å². The van der Waals surface area contributed by atoms with Gasteiger partial charge < -0.3 is 25.1 Å². The van der Waals surface area contributed by atoms with Gasteiger partial charge in [0.2, 0.25) is 5.95 Å². The molecule has 232 valence electrons. The Labute approximate surface area is 260 Å². The predicted octanol–water partition coefficient (Wildman–Crippen LogP) is 7.21. The van der Waals surface area contributed by atoms with Crippen LogP contribution in [-0.4, -0.2) is 48.2 Å². The van der Waals surface area contributed by atoms with Crippen molar-refractivity contribution in [2.24, 2.45) is 11.8 Å². The van der Waals surface area contributed by atoms with Crippen LogP contribution >= 0.6 is 11.8 Å². The summed E-state index contributed by atoms with van der Waals surface area (Å²) in [4.78, 5) is 23.2. The number of furan rings is 1. The largest absolute Gasteiger partial charge is 0.455 e. The highest BCUT2D eigenvalue weighted by molar-refractivity contribution is 7.98. The van der Waals surface area contributed by atoms with Crippen molar-refractivity contribution in [1.82, 2.24) is 15.3 Å². The molecule has 3 heterocycles. The summed E-state index contributed by atoms with van der Waals surface area (Å²) < 4.78 is 11.6. The Morgan fingerprint density at radius 2 is 1.84 bits per heavy atom. The van der Waals surface area contributed by atoms with Crippen molar-refractivity contribution in [3.05, 3.63) is 65.2 Å². The minimum absolute atomic E-state index is 0.107. The van der Waals surface area contributed by atoms with Crippen molar-refractivity contribution in [2.45, 2.75) is 88.4 Å². The van der Waals surface area contributed by atoms with Crippen molar-refractivity contribution in [3.63, 3.8) is 0 Å². The molecule has 3 aromatic rings. The van der Waals surface area contributed by atoms with Crippen LogP contribution in [0.5, 0.6) is 0 Å². The molecule has 3 atom stereocenters. The van der Waals surface area contributed by atoms with E-state index in [9.17, 15) is 4.79 Å². The van der Waals surface area contributed by atoms with Gasteiger partial charge in [-0.2, -0.15) is 4.98 Å². The molecule has 8 nitrogen and oxygen atoms in total. The molecular weight excluding hydrogens is 558 g/mol. The summed E-state index contributed by atoms with van der Waals surface area (Å²) in [5.74, 6) is 4.20. The molecule has 2 aromatic heterocycles. The highest BCUT2D eigenvalue weighted by Gasteiger charge is 2.24. The highest BCUT2D eigenvalue weighted by Crippen LogP contribution is 2.32. The molecule has 2 aliphatic rings. The van der Waals surface area contributed by atoms with Crippen molar-refractivity contribution in [3.8, 4) is 0 Å². The molecule has 3 N–H and O–H groups in total. The van der Waals surface area contributed by atoms with Crippen LogP contribution in [0.4, 0.5) is 11.8 Å². The number of ether oxygens (including phenoxy) is 1. The minimum Gasteiger partial charge on any atom is -0.455 e. The summed E-state index contributed by atoms with van der Waals surface area (Å²) in [6, 6.07) is 12.3. The molecule has 0 radical (unpaired) electrons. The zero-order valence-electron chi connectivity index (χ0n) is 26.1. The number of rotatable bonds is 12. The number of hydrogen-bond acceptors (Lipinski definition) is 8. The Balaban J connectivity index is 1.04. The van der Waals surface area contributed by atoms with Crippen LogP contribution in [0.15, 0.2) is 51.9 Å². The van der Waals surface area contributed by atoms with Gasteiger partial charge in [-0.15, -0.1) is 11.8 Å². The van der Waals surface area contributed by atoms with Gasteiger partial charge in [-0.3, -0.25) is 4.79 Å². The van der Waals surface area contributed by atoms with Crippen LogP contribution in [0.25, 0.3) is 0 Å². The number of thioether (sulfide) groups is 1. The van der Waals surface area contributed by atoms with Crippen molar-refractivity contribution < 1.29 is 13.9 Å². The van der Waals surface area contributed by atoms with Gasteiger partial charge in [0.15, 0.2) is 5.76 Å². The maximum atomic E-state index is 12.9. The second-order valence-corrected chi connectivity index (χ2v) is 14.1. The van der Waals surface area contributed by atoms with Crippen LogP contribution in [0, 0.1) is 18.8 Å². The Kier molecular flexibility index (Phi) is 10.7. The van der Waals surface area contributed by atoms with Crippen molar-refractivity contribution in [2.75, 3.05) is 36.9 Å². The lowest BCUT2D eigenvalue weighted by atomic mass is 9.81. The number of nitrogens with one attached hydrogen (secondary N) is 3. The smallest absolute Gasteiger partial charge is 0.287 e. The van der Waals surface area contributed by atoms with Crippen molar-refractivity contribution >= 4 is 29.4 Å². The van der Waals surface area contributed by atoms with Gasteiger partial charge in [-0.05, 0) is 91.7 Å². The van der Waals surface area contributed by atoms with Crippen LogP contribution < -0.4 is 16.0 Å². The molecule has 1 aliphatic heterocycles. The van der Waals surface area contributed by atoms with Gasteiger partial charge >= 0.3 is 0 Å². The number of anilines is 2. The van der Waals surface area contributed by atoms with Crippen LogP contribution in [0.1, 0.15) is 86.7 Å². The highest BCUT2D eigenvalue weighted by atomic mass is 32.2. The third kappa shape index (κ3) is 9.22. The average molecular weight is 606 g/mol. The molecule has 9 heteroatoms. The van der Waals surface area contributed by atoms with Gasteiger partial charge in [0, 0.05) is 37.3 Å². The zero-order valence-corrected chi connectivity index (χ0v) is 26.9. The number of nitrogens with zero attached hydrogens (tertiary/aromatic N) is 2. The number of amides is 1. The van der Waals surface area contributed by atoms with E-state index < -0.39 is 0 Å². The lowest BCUT2D eigenvalue weighted by Crippen LogP contribution is -2.33. The molecule has 43 heavy (non-hydrogen) atoms. The quantitative estimate of drug-likeness (QED) is 0.186. The van der Waals surface area contributed by atoms with E-state index in [2.05, 4.69) is 71.8 Å². The summed E-state index contributed by atoms with van der Waals surface area (Å²) in [6.07, 6.45) is 8.82. The predicted molar refractivity (Wildman–Crippen MR) is 174 cm³/mol. The molecular formula is C34H47N5O3S. The van der Waals surface area contributed by atoms with E-state index in [-0.39, 0.29) is 17.4 Å². The Morgan fingerprint density at radius 3 is 2.63 bits per heavy atom. The fourth-order valence-electron chi connectivity index (χ4n) is 5.85. The minimum atomic E-state index is -0.136. The summed E-state index contributed by atoms with van der Waals surface area (Å²) in [6.45, 7) is 12.0. The molecule has 5 rings (SSSR count). The molecule has 1 aromatic carbocycles. The molecule has 1 saturated carbocycles. The summed E-state index contributed by atoms with van der Waals surface area (Å²) >= 11 is 1.75. The van der Waals surface area contributed by atoms with E-state index >= 15 is 0 Å². The molecule has 0 spiro atoms. The summed E-state index contributed by atoms with van der Waals surface area (Å²) in [5, 5.41) is 9.93. The van der Waals surface area contributed by atoms with Gasteiger partial charge in [0.05, 0.1) is 11.9 Å². The van der Waals surface area contributed by atoms with E-state index in [0.29, 0.717) is 35.8 Å². The van der Waals surface area contributed by atoms with Crippen LogP contribution in [-0.2, 0) is 15.9 Å². The number of aromatic nitrogens is 2. The maximum Gasteiger partial charge on any atom is 0.287 e. The molecule has 3 unspecified atom stereocenters. The third-order valence-corrected chi connectivity index (χ3v) is 9.67. The first-order chi connectivity index (χ1) is 20.7. The number of hydrogen-bond donors (Lipinski definition) is 3. The van der Waals surface area contributed by atoms with Gasteiger partial charge in [-0.1, -0.05) is 39.3 Å². The monoisotopic (exact) mass is 605 g/mol. The second-order valence-electron chi connectivity index (χ2n) is 13.1.